The van der Waals surface area contributed by atoms with Gasteiger partial charge in [0, 0.05) is 6.04 Å². The highest BCUT2D eigenvalue weighted by Gasteiger charge is 2.15. The van der Waals surface area contributed by atoms with E-state index in [9.17, 15) is 4.79 Å². The summed E-state index contributed by atoms with van der Waals surface area (Å²) < 4.78 is 5.08. The lowest BCUT2D eigenvalue weighted by molar-refractivity contribution is -0.143. The maximum Gasteiger partial charge on any atom is 0.307 e. The minimum atomic E-state index is -0.163. The second-order valence-electron chi connectivity index (χ2n) is 5.16. The molecule has 22 heavy (non-hydrogen) atoms. The van der Waals surface area contributed by atoms with Crippen molar-refractivity contribution in [1.82, 2.24) is 5.32 Å². The van der Waals surface area contributed by atoms with E-state index in [1.54, 1.807) is 0 Å². The van der Waals surface area contributed by atoms with Crippen LogP contribution in [0.5, 0.6) is 0 Å². The van der Waals surface area contributed by atoms with E-state index in [-0.39, 0.29) is 12.0 Å². The molecule has 0 amide bonds. The van der Waals surface area contributed by atoms with Gasteiger partial charge in [0.2, 0.25) is 0 Å². The van der Waals surface area contributed by atoms with Crippen molar-refractivity contribution in [3.63, 3.8) is 0 Å². The van der Waals surface area contributed by atoms with E-state index in [1.807, 2.05) is 55.5 Å². The third kappa shape index (κ3) is 5.34. The van der Waals surface area contributed by atoms with Gasteiger partial charge in [-0.1, -0.05) is 60.7 Å². The molecule has 3 heteroatoms. The van der Waals surface area contributed by atoms with E-state index in [1.165, 1.54) is 5.56 Å². The fourth-order valence-corrected chi connectivity index (χ4v) is 2.42. The first-order chi connectivity index (χ1) is 10.8. The minimum Gasteiger partial charge on any atom is -0.466 e. The largest absolute Gasteiger partial charge is 0.466 e. The van der Waals surface area contributed by atoms with E-state index in [4.69, 9.17) is 4.74 Å². The van der Waals surface area contributed by atoms with Crippen molar-refractivity contribution < 1.29 is 9.53 Å². The zero-order valence-electron chi connectivity index (χ0n) is 13.0. The predicted molar refractivity (Wildman–Crippen MR) is 88.6 cm³/mol. The number of nitrogens with one attached hydrogen (secondary N) is 1. The molecule has 0 heterocycles. The molecule has 1 unspecified atom stereocenters. The summed E-state index contributed by atoms with van der Waals surface area (Å²) in [6.07, 6.45) is 1.29. The molecule has 0 radical (unpaired) electrons. The van der Waals surface area contributed by atoms with Gasteiger partial charge in [-0.05, 0) is 31.0 Å². The van der Waals surface area contributed by atoms with Crippen LogP contribution in [0.2, 0.25) is 0 Å². The lowest BCUT2D eigenvalue weighted by Crippen LogP contribution is -2.26. The zero-order chi connectivity index (χ0) is 15.6. The summed E-state index contributed by atoms with van der Waals surface area (Å²) in [4.78, 5) is 11.8. The highest BCUT2D eigenvalue weighted by atomic mass is 16.5. The third-order valence-electron chi connectivity index (χ3n) is 3.53. The molecule has 0 saturated heterocycles. The average Bonchev–Trinajstić information content (AvgIpc) is 2.56. The van der Waals surface area contributed by atoms with E-state index in [2.05, 4.69) is 17.4 Å². The third-order valence-corrected chi connectivity index (χ3v) is 3.53. The van der Waals surface area contributed by atoms with Gasteiger partial charge in [-0.2, -0.15) is 0 Å². The lowest BCUT2D eigenvalue weighted by Gasteiger charge is -2.18. The summed E-state index contributed by atoms with van der Waals surface area (Å²) >= 11 is 0. The van der Waals surface area contributed by atoms with Crippen molar-refractivity contribution in [3.8, 4) is 0 Å². The van der Waals surface area contributed by atoms with Crippen LogP contribution in [0.4, 0.5) is 0 Å². The Kier molecular flexibility index (Phi) is 6.65. The van der Waals surface area contributed by atoms with E-state index in [0.29, 0.717) is 13.0 Å². The summed E-state index contributed by atoms with van der Waals surface area (Å²) in [6.45, 7) is 3.07. The van der Waals surface area contributed by atoms with Crippen LogP contribution in [0.25, 0.3) is 0 Å². The molecular formula is C19H23NO2. The van der Waals surface area contributed by atoms with Crippen LogP contribution >= 0.6 is 0 Å². The van der Waals surface area contributed by atoms with Crippen molar-refractivity contribution in [1.29, 1.82) is 0 Å². The van der Waals surface area contributed by atoms with Gasteiger partial charge in [-0.3, -0.25) is 4.79 Å². The number of benzene rings is 2. The van der Waals surface area contributed by atoms with E-state index in [0.717, 1.165) is 18.5 Å². The number of hydrogen-bond donors (Lipinski definition) is 1. The Labute approximate surface area is 132 Å². The quantitative estimate of drug-likeness (QED) is 0.758. The van der Waals surface area contributed by atoms with Crippen LogP contribution in [0, 0.1) is 0 Å². The number of ether oxygens (including phenoxy) is 1. The fraction of sp³-hybridized carbons (Fsp3) is 0.316. The van der Waals surface area contributed by atoms with Crippen LogP contribution < -0.4 is 5.32 Å². The number of carbonyl (C=O) groups excluding carboxylic acids is 1. The highest BCUT2D eigenvalue weighted by Crippen LogP contribution is 2.17. The number of esters is 1. The molecule has 0 fully saturated rings. The van der Waals surface area contributed by atoms with Gasteiger partial charge in [0.15, 0.2) is 0 Å². The van der Waals surface area contributed by atoms with Crippen molar-refractivity contribution in [2.45, 2.75) is 25.8 Å². The van der Waals surface area contributed by atoms with Crippen LogP contribution in [-0.2, 0) is 16.0 Å². The second-order valence-corrected chi connectivity index (χ2v) is 5.16. The maximum atomic E-state index is 11.8. The van der Waals surface area contributed by atoms with Gasteiger partial charge < -0.3 is 10.1 Å². The van der Waals surface area contributed by atoms with Gasteiger partial charge in [-0.25, -0.2) is 0 Å². The van der Waals surface area contributed by atoms with Crippen LogP contribution in [0.3, 0.4) is 0 Å². The summed E-state index contributed by atoms with van der Waals surface area (Å²) in [6, 6.07) is 20.4. The Morgan fingerprint density at radius 1 is 1.05 bits per heavy atom. The molecule has 2 aromatic rings. The monoisotopic (exact) mass is 297 g/mol. The van der Waals surface area contributed by atoms with Crippen molar-refractivity contribution in [3.05, 3.63) is 71.8 Å². The second kappa shape index (κ2) is 9.00. The normalized spacial score (nSPS) is 11.9. The standard InChI is InChI=1S/C19H23NO2/c1-2-22-19(21)15-18(17-11-7-4-8-12-17)20-14-13-16-9-5-3-6-10-16/h3-12,18,20H,2,13-15H2,1H3. The lowest BCUT2D eigenvalue weighted by atomic mass is 10.0. The number of carbonyl (C=O) groups is 1. The first-order valence-corrected chi connectivity index (χ1v) is 7.77. The van der Waals surface area contributed by atoms with Crippen molar-refractivity contribution in [2.75, 3.05) is 13.2 Å². The first-order valence-electron chi connectivity index (χ1n) is 7.77. The molecule has 1 N–H and O–H groups in total. The Morgan fingerprint density at radius 3 is 2.32 bits per heavy atom. The Bertz CT molecular complexity index is 554. The van der Waals surface area contributed by atoms with E-state index >= 15 is 0 Å². The molecule has 116 valence electrons. The summed E-state index contributed by atoms with van der Waals surface area (Å²) in [5, 5.41) is 3.47. The summed E-state index contributed by atoms with van der Waals surface area (Å²) in [5.74, 6) is -0.163. The molecule has 0 bridgehead atoms. The molecule has 0 aliphatic heterocycles. The Morgan fingerprint density at radius 2 is 1.68 bits per heavy atom. The molecule has 0 aliphatic carbocycles. The molecule has 1 atom stereocenters. The summed E-state index contributed by atoms with van der Waals surface area (Å²) in [7, 11) is 0. The molecule has 0 spiro atoms. The van der Waals surface area contributed by atoms with Gasteiger partial charge in [0.05, 0.1) is 13.0 Å². The predicted octanol–water partition coefficient (Wildman–Crippen LogP) is 3.51. The molecule has 2 aromatic carbocycles. The van der Waals surface area contributed by atoms with E-state index < -0.39 is 0 Å². The number of rotatable bonds is 8. The molecule has 2 rings (SSSR count). The van der Waals surface area contributed by atoms with Crippen LogP contribution in [0.1, 0.15) is 30.5 Å². The van der Waals surface area contributed by atoms with Crippen molar-refractivity contribution >= 4 is 5.97 Å². The first kappa shape index (κ1) is 16.2. The zero-order valence-corrected chi connectivity index (χ0v) is 13.0. The van der Waals surface area contributed by atoms with Crippen molar-refractivity contribution in [2.24, 2.45) is 0 Å². The highest BCUT2D eigenvalue weighted by molar-refractivity contribution is 5.70. The summed E-state index contributed by atoms with van der Waals surface area (Å²) in [5.41, 5.74) is 2.40. The minimum absolute atomic E-state index is 0.0102. The maximum absolute atomic E-state index is 11.8. The molecule has 0 saturated carbocycles. The number of hydrogen-bond acceptors (Lipinski definition) is 3. The average molecular weight is 297 g/mol. The van der Waals surface area contributed by atoms with Gasteiger partial charge in [0.1, 0.15) is 0 Å². The molecular weight excluding hydrogens is 274 g/mol. The molecule has 0 aromatic heterocycles. The fourth-order valence-electron chi connectivity index (χ4n) is 2.42. The van der Waals surface area contributed by atoms with Crippen LogP contribution in [0.15, 0.2) is 60.7 Å². The Balaban J connectivity index is 1.94. The smallest absolute Gasteiger partial charge is 0.307 e. The SMILES string of the molecule is CCOC(=O)CC(NCCc1ccccc1)c1ccccc1. The molecule has 3 nitrogen and oxygen atoms in total. The van der Waals surface area contributed by atoms with Crippen LogP contribution in [-0.4, -0.2) is 19.1 Å². The van der Waals surface area contributed by atoms with Gasteiger partial charge >= 0.3 is 5.97 Å². The van der Waals surface area contributed by atoms with Gasteiger partial charge in [0.25, 0.3) is 0 Å². The topological polar surface area (TPSA) is 38.3 Å². The molecule has 0 aliphatic rings. The van der Waals surface area contributed by atoms with Gasteiger partial charge in [-0.15, -0.1) is 0 Å². The Hall–Kier alpha value is -2.13.